The van der Waals surface area contributed by atoms with Crippen LogP contribution >= 0.6 is 11.6 Å². The number of nitrogens with zero attached hydrogens (tertiary/aromatic N) is 2. The molecule has 0 aromatic carbocycles. The van der Waals surface area contributed by atoms with Crippen LogP contribution in [0.25, 0.3) is 11.3 Å². The topological polar surface area (TPSA) is 88.2 Å². The minimum Gasteiger partial charge on any atom is -0.381 e. The summed E-state index contributed by atoms with van der Waals surface area (Å²) in [6, 6.07) is 5.61. The number of rotatable bonds is 6. The maximum atomic E-state index is 12.8. The lowest BCUT2D eigenvalue weighted by Gasteiger charge is -2.30. The Labute approximate surface area is 200 Å². The summed E-state index contributed by atoms with van der Waals surface area (Å²) in [4.78, 5) is 21.4. The highest BCUT2D eigenvalue weighted by Crippen LogP contribution is 2.31. The summed E-state index contributed by atoms with van der Waals surface area (Å²) in [6.45, 7) is 2.32. The van der Waals surface area contributed by atoms with Crippen molar-refractivity contribution >= 4 is 29.1 Å². The standard InChI is InChI=1S/C23H27ClF3N5O2/c24-17-13-30-21(32-22(33)15-4-5-19(28-12-15)23(25,26)27)10-16(17)18-2-1-3-20(31-18)29-11-14-6-8-34-9-7-14/h1-3,10,13-15,19,28H,4-9,11-12H2,(H,29,31)(H,30,32,33)/t15-,19-/m1/s1. The summed E-state index contributed by atoms with van der Waals surface area (Å²) in [5, 5.41) is 8.85. The zero-order chi connectivity index (χ0) is 24.1. The number of pyridine rings is 2. The van der Waals surface area contributed by atoms with E-state index in [1.165, 1.54) is 6.20 Å². The van der Waals surface area contributed by atoms with Crippen LogP contribution in [-0.4, -0.2) is 54.4 Å². The van der Waals surface area contributed by atoms with Crippen molar-refractivity contribution in [3.8, 4) is 11.3 Å². The second-order valence-electron chi connectivity index (χ2n) is 8.66. The number of aromatic nitrogens is 2. The SMILES string of the molecule is O=C(Nc1cc(-c2cccc(NCC3CCOCC3)n2)c(Cl)cn1)[C@@H]1CC[C@H](C(F)(F)F)NC1. The highest BCUT2D eigenvalue weighted by atomic mass is 35.5. The number of hydrogen-bond acceptors (Lipinski definition) is 6. The van der Waals surface area contributed by atoms with Crippen molar-refractivity contribution in [2.24, 2.45) is 11.8 Å². The quantitative estimate of drug-likeness (QED) is 0.544. The first kappa shape index (κ1) is 24.7. The molecule has 2 fully saturated rings. The van der Waals surface area contributed by atoms with Gasteiger partial charge in [0.25, 0.3) is 0 Å². The van der Waals surface area contributed by atoms with E-state index < -0.39 is 18.1 Å². The molecular weight excluding hydrogens is 471 g/mol. The van der Waals surface area contributed by atoms with Crippen molar-refractivity contribution in [2.75, 3.05) is 36.9 Å². The zero-order valence-corrected chi connectivity index (χ0v) is 19.3. The second-order valence-corrected chi connectivity index (χ2v) is 9.07. The first-order chi connectivity index (χ1) is 16.3. The first-order valence-electron chi connectivity index (χ1n) is 11.3. The Balaban J connectivity index is 1.39. The molecule has 0 spiro atoms. The molecule has 2 aromatic heterocycles. The van der Waals surface area contributed by atoms with Crippen molar-refractivity contribution in [2.45, 2.75) is 37.9 Å². The van der Waals surface area contributed by atoms with E-state index in [1.54, 1.807) is 6.07 Å². The Hall–Kier alpha value is -2.43. The Morgan fingerprint density at radius 3 is 2.68 bits per heavy atom. The molecule has 4 heterocycles. The molecule has 1 amide bonds. The highest BCUT2D eigenvalue weighted by molar-refractivity contribution is 6.33. The number of alkyl halides is 3. The van der Waals surface area contributed by atoms with Crippen molar-refractivity contribution in [1.29, 1.82) is 0 Å². The molecule has 7 nitrogen and oxygen atoms in total. The van der Waals surface area contributed by atoms with E-state index in [2.05, 4.69) is 25.9 Å². The highest BCUT2D eigenvalue weighted by Gasteiger charge is 2.42. The van der Waals surface area contributed by atoms with Crippen LogP contribution < -0.4 is 16.0 Å². The van der Waals surface area contributed by atoms with Gasteiger partial charge in [0.05, 0.1) is 16.6 Å². The Morgan fingerprint density at radius 1 is 1.18 bits per heavy atom. The van der Waals surface area contributed by atoms with E-state index in [0.29, 0.717) is 22.2 Å². The van der Waals surface area contributed by atoms with Gasteiger partial charge in [0.15, 0.2) is 0 Å². The number of anilines is 2. The molecule has 34 heavy (non-hydrogen) atoms. The predicted molar refractivity (Wildman–Crippen MR) is 124 cm³/mol. The van der Waals surface area contributed by atoms with Gasteiger partial charge in [-0.3, -0.25) is 4.79 Å². The predicted octanol–water partition coefficient (Wildman–Crippen LogP) is 4.50. The molecule has 0 aliphatic carbocycles. The van der Waals surface area contributed by atoms with Crippen molar-refractivity contribution in [3.63, 3.8) is 0 Å². The van der Waals surface area contributed by atoms with Crippen LogP contribution in [0.2, 0.25) is 5.02 Å². The third-order valence-electron chi connectivity index (χ3n) is 6.22. The summed E-state index contributed by atoms with van der Waals surface area (Å²) < 4.78 is 43.9. The average Bonchev–Trinajstić information content (AvgIpc) is 2.84. The molecule has 0 unspecified atom stereocenters. The molecule has 2 saturated heterocycles. The maximum absolute atomic E-state index is 12.8. The number of amides is 1. The van der Waals surface area contributed by atoms with Gasteiger partial charge in [0.1, 0.15) is 17.7 Å². The molecule has 0 bridgehead atoms. The number of halogens is 4. The fourth-order valence-corrected chi connectivity index (χ4v) is 4.37. The summed E-state index contributed by atoms with van der Waals surface area (Å²) in [7, 11) is 0. The Bertz CT molecular complexity index is 993. The van der Waals surface area contributed by atoms with E-state index >= 15 is 0 Å². The van der Waals surface area contributed by atoms with Gasteiger partial charge < -0.3 is 20.7 Å². The van der Waals surface area contributed by atoms with E-state index in [-0.39, 0.29) is 31.1 Å². The number of carbonyl (C=O) groups excluding carboxylic acids is 1. The van der Waals surface area contributed by atoms with Crippen LogP contribution in [-0.2, 0) is 9.53 Å². The molecule has 2 aromatic rings. The lowest BCUT2D eigenvalue weighted by Crippen LogP contribution is -2.50. The summed E-state index contributed by atoms with van der Waals surface area (Å²) in [6.07, 6.45) is -0.854. The number of ether oxygens (including phenoxy) is 1. The van der Waals surface area contributed by atoms with Crippen molar-refractivity contribution < 1.29 is 22.7 Å². The van der Waals surface area contributed by atoms with Crippen LogP contribution in [0.15, 0.2) is 30.5 Å². The number of nitrogens with one attached hydrogen (secondary N) is 3. The first-order valence-corrected chi connectivity index (χ1v) is 11.7. The van der Waals surface area contributed by atoms with Crippen LogP contribution in [0.1, 0.15) is 25.7 Å². The normalized spacial score (nSPS) is 21.8. The average molecular weight is 498 g/mol. The van der Waals surface area contributed by atoms with Crippen molar-refractivity contribution in [1.82, 2.24) is 15.3 Å². The number of hydrogen-bond donors (Lipinski definition) is 3. The number of piperidine rings is 1. The fourth-order valence-electron chi connectivity index (χ4n) is 4.17. The lowest BCUT2D eigenvalue weighted by molar-refractivity contribution is -0.163. The van der Waals surface area contributed by atoms with Gasteiger partial charge in [-0.2, -0.15) is 13.2 Å². The summed E-state index contributed by atoms with van der Waals surface area (Å²) >= 11 is 6.36. The van der Waals surface area contributed by atoms with E-state index in [9.17, 15) is 18.0 Å². The van der Waals surface area contributed by atoms with Gasteiger partial charge in [-0.15, -0.1) is 0 Å². The van der Waals surface area contributed by atoms with E-state index in [1.807, 2.05) is 18.2 Å². The van der Waals surface area contributed by atoms with Crippen LogP contribution in [0.5, 0.6) is 0 Å². The Kier molecular flexibility index (Phi) is 7.90. The summed E-state index contributed by atoms with van der Waals surface area (Å²) in [5.41, 5.74) is 1.22. The maximum Gasteiger partial charge on any atom is 0.403 e. The van der Waals surface area contributed by atoms with Gasteiger partial charge in [-0.05, 0) is 49.8 Å². The second kappa shape index (κ2) is 10.9. The van der Waals surface area contributed by atoms with Gasteiger partial charge >= 0.3 is 6.18 Å². The fraction of sp³-hybridized carbons (Fsp3) is 0.522. The molecule has 3 N–H and O–H groups in total. The van der Waals surface area contributed by atoms with Crippen LogP contribution in [0, 0.1) is 11.8 Å². The molecule has 2 aliphatic rings. The number of carbonyl (C=O) groups is 1. The van der Waals surface area contributed by atoms with E-state index in [0.717, 1.165) is 38.4 Å². The molecule has 184 valence electrons. The monoisotopic (exact) mass is 497 g/mol. The van der Waals surface area contributed by atoms with Gasteiger partial charge in [-0.1, -0.05) is 17.7 Å². The van der Waals surface area contributed by atoms with Gasteiger partial charge in [0, 0.05) is 38.1 Å². The summed E-state index contributed by atoms with van der Waals surface area (Å²) in [5.74, 6) is 0.565. The minimum atomic E-state index is -4.31. The smallest absolute Gasteiger partial charge is 0.381 e. The third kappa shape index (κ3) is 6.37. The van der Waals surface area contributed by atoms with Crippen LogP contribution in [0.4, 0.5) is 24.8 Å². The molecule has 0 saturated carbocycles. The molecular formula is C23H27ClF3N5O2. The molecule has 2 atom stereocenters. The van der Waals surface area contributed by atoms with E-state index in [4.69, 9.17) is 16.3 Å². The van der Waals surface area contributed by atoms with Gasteiger partial charge in [0.2, 0.25) is 5.91 Å². The molecule has 11 heteroatoms. The lowest BCUT2D eigenvalue weighted by atomic mass is 9.93. The largest absolute Gasteiger partial charge is 0.403 e. The van der Waals surface area contributed by atoms with Crippen molar-refractivity contribution in [3.05, 3.63) is 35.5 Å². The molecule has 4 rings (SSSR count). The third-order valence-corrected chi connectivity index (χ3v) is 6.53. The Morgan fingerprint density at radius 2 is 1.97 bits per heavy atom. The molecule has 0 radical (unpaired) electrons. The zero-order valence-electron chi connectivity index (χ0n) is 18.5. The minimum absolute atomic E-state index is 0.0428. The molecule has 2 aliphatic heterocycles. The van der Waals surface area contributed by atoms with Gasteiger partial charge in [-0.25, -0.2) is 9.97 Å². The van der Waals surface area contributed by atoms with Crippen LogP contribution in [0.3, 0.4) is 0 Å².